The number of benzene rings is 1. The van der Waals surface area contributed by atoms with Gasteiger partial charge in [0.25, 0.3) is 0 Å². The van der Waals surface area contributed by atoms with Crippen molar-refractivity contribution < 1.29 is 9.53 Å². The minimum absolute atomic E-state index is 0.0652. The molecule has 1 heterocycles. The predicted octanol–water partition coefficient (Wildman–Crippen LogP) is 3.48. The van der Waals surface area contributed by atoms with Crippen LogP contribution < -0.4 is 0 Å². The van der Waals surface area contributed by atoms with Crippen LogP contribution in [0.5, 0.6) is 0 Å². The summed E-state index contributed by atoms with van der Waals surface area (Å²) < 4.78 is 6.39. The van der Waals surface area contributed by atoms with Gasteiger partial charge in [-0.2, -0.15) is 0 Å². The lowest BCUT2D eigenvalue weighted by Crippen LogP contribution is -2.37. The van der Waals surface area contributed by atoms with Crippen molar-refractivity contribution >= 4 is 21.9 Å². The molecule has 0 amide bonds. The van der Waals surface area contributed by atoms with E-state index in [2.05, 4.69) is 20.8 Å². The third-order valence-electron chi connectivity index (χ3n) is 3.33. The van der Waals surface area contributed by atoms with Crippen molar-refractivity contribution in [2.45, 2.75) is 32.3 Å². The maximum absolute atomic E-state index is 12.0. The van der Waals surface area contributed by atoms with Crippen molar-refractivity contribution in [1.82, 2.24) is 4.90 Å². The van der Waals surface area contributed by atoms with Crippen LogP contribution >= 0.6 is 15.9 Å². The van der Waals surface area contributed by atoms with Crippen molar-refractivity contribution in [3.63, 3.8) is 0 Å². The van der Waals surface area contributed by atoms with Gasteiger partial charge < -0.3 is 4.74 Å². The van der Waals surface area contributed by atoms with E-state index in [0.717, 1.165) is 24.1 Å². The molecule has 0 unspecified atom stereocenters. The van der Waals surface area contributed by atoms with Gasteiger partial charge in [0.15, 0.2) is 0 Å². The normalized spacial score (nSPS) is 18.0. The van der Waals surface area contributed by atoms with E-state index in [4.69, 9.17) is 4.74 Å². The molecule has 0 radical (unpaired) electrons. The van der Waals surface area contributed by atoms with E-state index in [0.29, 0.717) is 5.56 Å². The molecule has 0 aromatic heterocycles. The fourth-order valence-electron chi connectivity index (χ4n) is 2.41. The summed E-state index contributed by atoms with van der Waals surface area (Å²) in [5.74, 6) is -0.245. The van der Waals surface area contributed by atoms with Gasteiger partial charge >= 0.3 is 5.97 Å². The van der Waals surface area contributed by atoms with Crippen LogP contribution in [0.3, 0.4) is 0 Å². The average molecular weight is 326 g/mol. The maximum Gasteiger partial charge on any atom is 0.338 e. The van der Waals surface area contributed by atoms with Crippen LogP contribution in [0, 0.1) is 0 Å². The highest BCUT2D eigenvalue weighted by Gasteiger charge is 2.17. The van der Waals surface area contributed by atoms with Crippen LogP contribution in [-0.4, -0.2) is 36.6 Å². The molecule has 0 spiro atoms. The van der Waals surface area contributed by atoms with Gasteiger partial charge in [-0.05, 0) is 51.1 Å². The van der Waals surface area contributed by atoms with Crippen LogP contribution in [-0.2, 0) is 4.74 Å². The molecule has 0 bridgehead atoms. The quantitative estimate of drug-likeness (QED) is 0.794. The summed E-state index contributed by atoms with van der Waals surface area (Å²) in [4.78, 5) is 14.4. The summed E-state index contributed by atoms with van der Waals surface area (Å²) in [6.07, 6.45) is 3.77. The number of ether oxygens (including phenoxy) is 1. The number of carbonyl (C=O) groups is 1. The van der Waals surface area contributed by atoms with Gasteiger partial charge in [0.1, 0.15) is 6.10 Å². The third kappa shape index (κ3) is 4.62. The molecule has 1 aliphatic heterocycles. The Morgan fingerprint density at radius 1 is 1.37 bits per heavy atom. The first-order valence-electron chi connectivity index (χ1n) is 6.84. The number of hydrogen-bond acceptors (Lipinski definition) is 3. The van der Waals surface area contributed by atoms with Crippen LogP contribution in [0.1, 0.15) is 36.5 Å². The summed E-state index contributed by atoms with van der Waals surface area (Å²) in [6, 6.07) is 7.31. The number of carbonyl (C=O) groups excluding carboxylic acids is 1. The average Bonchev–Trinajstić information content (AvgIpc) is 2.39. The summed E-state index contributed by atoms with van der Waals surface area (Å²) >= 11 is 3.36. The highest BCUT2D eigenvalue weighted by atomic mass is 79.9. The van der Waals surface area contributed by atoms with Crippen LogP contribution in [0.4, 0.5) is 0 Å². The summed E-state index contributed by atoms with van der Waals surface area (Å²) in [5.41, 5.74) is 0.597. The Morgan fingerprint density at radius 2 is 2.11 bits per heavy atom. The number of piperidine rings is 1. The molecule has 19 heavy (non-hydrogen) atoms. The molecule has 1 aromatic rings. The topological polar surface area (TPSA) is 29.5 Å². The lowest BCUT2D eigenvalue weighted by molar-refractivity contribution is 0.0236. The molecule has 4 heteroatoms. The first-order valence-corrected chi connectivity index (χ1v) is 7.63. The van der Waals surface area contributed by atoms with E-state index in [1.54, 1.807) is 12.1 Å². The van der Waals surface area contributed by atoms with Gasteiger partial charge in [-0.15, -0.1) is 0 Å². The van der Waals surface area contributed by atoms with Gasteiger partial charge in [-0.3, -0.25) is 4.90 Å². The first kappa shape index (κ1) is 14.5. The van der Waals surface area contributed by atoms with Crippen LogP contribution in [0.2, 0.25) is 0 Å². The smallest absolute Gasteiger partial charge is 0.338 e. The fraction of sp³-hybridized carbons (Fsp3) is 0.533. The molecule has 1 aliphatic rings. The Bertz CT molecular complexity index is 430. The number of halogens is 1. The monoisotopic (exact) mass is 325 g/mol. The van der Waals surface area contributed by atoms with Crippen molar-refractivity contribution in [1.29, 1.82) is 0 Å². The Balaban J connectivity index is 1.84. The maximum atomic E-state index is 12.0. The number of esters is 1. The molecule has 1 saturated heterocycles. The molecule has 2 rings (SSSR count). The van der Waals surface area contributed by atoms with E-state index in [1.165, 1.54) is 19.3 Å². The molecule has 3 nitrogen and oxygen atoms in total. The van der Waals surface area contributed by atoms with Crippen molar-refractivity contribution in [3.8, 4) is 0 Å². The third-order valence-corrected chi connectivity index (χ3v) is 3.83. The van der Waals surface area contributed by atoms with Gasteiger partial charge in [0.2, 0.25) is 0 Å². The number of likely N-dealkylation sites (tertiary alicyclic amines) is 1. The zero-order valence-electron chi connectivity index (χ0n) is 11.3. The van der Waals surface area contributed by atoms with Crippen molar-refractivity contribution in [3.05, 3.63) is 34.3 Å². The standard InChI is InChI=1S/C15H20BrNO2/c1-12(11-17-8-3-2-4-9-17)19-15(18)13-6-5-7-14(16)10-13/h5-7,10,12H,2-4,8-9,11H2,1H3/t12-/m1/s1. The van der Waals surface area contributed by atoms with Crippen LogP contribution in [0.15, 0.2) is 28.7 Å². The number of hydrogen-bond donors (Lipinski definition) is 0. The minimum atomic E-state index is -0.245. The van der Waals surface area contributed by atoms with E-state index in [1.807, 2.05) is 19.1 Å². The minimum Gasteiger partial charge on any atom is -0.458 e. The molecule has 1 fully saturated rings. The SMILES string of the molecule is C[C@H](CN1CCCCC1)OC(=O)c1cccc(Br)c1. The molecular formula is C15H20BrNO2. The zero-order valence-corrected chi connectivity index (χ0v) is 12.9. The van der Waals surface area contributed by atoms with Gasteiger partial charge in [0.05, 0.1) is 5.56 Å². The van der Waals surface area contributed by atoms with E-state index in [9.17, 15) is 4.79 Å². The van der Waals surface area contributed by atoms with Crippen molar-refractivity contribution in [2.75, 3.05) is 19.6 Å². The molecule has 0 saturated carbocycles. The van der Waals surface area contributed by atoms with Crippen LogP contribution in [0.25, 0.3) is 0 Å². The highest BCUT2D eigenvalue weighted by Crippen LogP contribution is 2.14. The summed E-state index contributed by atoms with van der Waals surface area (Å²) in [7, 11) is 0. The number of rotatable bonds is 4. The largest absolute Gasteiger partial charge is 0.458 e. The van der Waals surface area contributed by atoms with Gasteiger partial charge in [-0.25, -0.2) is 4.79 Å². The molecule has 0 aliphatic carbocycles. The molecule has 0 N–H and O–H groups in total. The Kier molecular flexibility index (Phi) is 5.40. The molecule has 104 valence electrons. The summed E-state index contributed by atoms with van der Waals surface area (Å²) in [6.45, 7) is 5.04. The second-order valence-corrected chi connectivity index (χ2v) is 6.00. The highest BCUT2D eigenvalue weighted by molar-refractivity contribution is 9.10. The summed E-state index contributed by atoms with van der Waals surface area (Å²) in [5, 5.41) is 0. The Morgan fingerprint density at radius 3 is 2.79 bits per heavy atom. The van der Waals surface area contributed by atoms with E-state index < -0.39 is 0 Å². The second-order valence-electron chi connectivity index (χ2n) is 5.09. The van der Waals surface area contributed by atoms with Gasteiger partial charge in [-0.1, -0.05) is 28.4 Å². The number of nitrogens with zero attached hydrogens (tertiary/aromatic N) is 1. The molecular weight excluding hydrogens is 306 g/mol. The zero-order chi connectivity index (χ0) is 13.7. The molecule has 1 atom stereocenters. The lowest BCUT2D eigenvalue weighted by Gasteiger charge is -2.28. The Hall–Kier alpha value is -0.870. The van der Waals surface area contributed by atoms with Gasteiger partial charge in [0, 0.05) is 11.0 Å². The van der Waals surface area contributed by atoms with E-state index >= 15 is 0 Å². The molecule has 1 aromatic carbocycles. The fourth-order valence-corrected chi connectivity index (χ4v) is 2.81. The Labute approximate surface area is 123 Å². The van der Waals surface area contributed by atoms with Crippen molar-refractivity contribution in [2.24, 2.45) is 0 Å². The van der Waals surface area contributed by atoms with E-state index in [-0.39, 0.29) is 12.1 Å². The lowest BCUT2D eigenvalue weighted by atomic mass is 10.1. The second kappa shape index (κ2) is 7.06. The first-order chi connectivity index (χ1) is 9.15. The predicted molar refractivity (Wildman–Crippen MR) is 79.3 cm³/mol.